The third-order valence-corrected chi connectivity index (χ3v) is 9.57. The lowest BCUT2D eigenvalue weighted by Crippen LogP contribution is -2.61. The average molecular weight is 787 g/mol. The van der Waals surface area contributed by atoms with Crippen LogP contribution in [0.2, 0.25) is 0 Å². The van der Waals surface area contributed by atoms with E-state index in [0.29, 0.717) is 6.42 Å². The van der Waals surface area contributed by atoms with Crippen molar-refractivity contribution < 1.29 is 58.5 Å². The summed E-state index contributed by atoms with van der Waals surface area (Å²) < 4.78 is 0. The molecule has 19 heteroatoms. The highest BCUT2D eigenvalue weighted by molar-refractivity contribution is 7.80. The molecule has 0 aromatic carbocycles. The molecule has 0 saturated heterocycles. The van der Waals surface area contributed by atoms with Crippen LogP contribution in [0.3, 0.4) is 0 Å². The van der Waals surface area contributed by atoms with E-state index in [1.807, 2.05) is 0 Å². The van der Waals surface area contributed by atoms with E-state index in [1.165, 1.54) is 0 Å². The molecule has 306 valence electrons. The fraction of sp³-hybridized carbons (Fsp3) is 0.743. The number of carbonyl (C=O) groups excluding carboxylic acids is 6. The first-order valence-corrected chi connectivity index (χ1v) is 19.0. The topological polar surface area (TPSA) is 286 Å². The predicted octanol–water partition coefficient (Wildman–Crippen LogP) is 0.332. The lowest BCUT2D eigenvalue weighted by molar-refractivity contribution is -0.142. The van der Waals surface area contributed by atoms with E-state index in [4.69, 9.17) is 0 Å². The Kier molecular flexibility index (Phi) is 21.2. The van der Waals surface area contributed by atoms with Gasteiger partial charge in [-0.15, -0.1) is 0 Å². The quantitative estimate of drug-likeness (QED) is 0.0593. The second-order valence-electron chi connectivity index (χ2n) is 14.3. The molecule has 7 atom stereocenters. The summed E-state index contributed by atoms with van der Waals surface area (Å²) in [4.78, 5) is 114. The van der Waals surface area contributed by atoms with Crippen LogP contribution in [-0.2, 0) is 43.2 Å². The molecule has 0 bridgehead atoms. The zero-order valence-electron chi connectivity index (χ0n) is 31.6. The van der Waals surface area contributed by atoms with E-state index in [9.17, 15) is 58.5 Å². The molecule has 0 spiro atoms. The van der Waals surface area contributed by atoms with Gasteiger partial charge in [-0.1, -0.05) is 66.2 Å². The van der Waals surface area contributed by atoms with Gasteiger partial charge in [0.05, 0.1) is 6.42 Å². The molecular weight excluding hydrogens is 728 g/mol. The first-order chi connectivity index (χ1) is 25.3. The maximum Gasteiger partial charge on any atom is 0.327 e. The zero-order valence-corrected chi connectivity index (χ0v) is 32.5. The van der Waals surface area contributed by atoms with E-state index in [2.05, 4.69) is 44.5 Å². The summed E-state index contributed by atoms with van der Waals surface area (Å²) >= 11 is 4.01. The minimum atomic E-state index is -1.58. The van der Waals surface area contributed by atoms with Crippen LogP contribution in [0.25, 0.3) is 0 Å². The van der Waals surface area contributed by atoms with Crippen molar-refractivity contribution in [2.24, 2.45) is 17.8 Å². The standard InChI is InChI=1S/C35H58N6O12S/c1-6-19(4)29(34(51)39-24(15-21-10-8-7-9-11-21)31(48)40-26(17-54)35(52)53)41-33(50)23(14-18(2)3)38-30(47)22(12-13-27(43)44)37-32(49)25(16-28(45)46)36-20(5)42/h18-19,21-26,29,54H,6-17H2,1-5H3,(H,36,42)(H,37,49)(H,38,47)(H,39,51)(H,40,48)(H,41,50)(H,43,44)(H,45,46)(H,52,53)/t19-,22+,23-,24-,25-,26-,29-/m0/s1. The second-order valence-corrected chi connectivity index (χ2v) is 14.7. The Hall–Kier alpha value is -4.42. The summed E-state index contributed by atoms with van der Waals surface area (Å²) in [6, 6.07) is -8.04. The highest BCUT2D eigenvalue weighted by Crippen LogP contribution is 2.27. The van der Waals surface area contributed by atoms with Crippen LogP contribution in [0.1, 0.15) is 105 Å². The van der Waals surface area contributed by atoms with Gasteiger partial charge in [0, 0.05) is 19.1 Å². The summed E-state index contributed by atoms with van der Waals surface area (Å²) in [6.45, 7) is 8.08. The Bertz CT molecular complexity index is 1330. The zero-order chi connectivity index (χ0) is 41.1. The number of rotatable bonds is 24. The molecule has 54 heavy (non-hydrogen) atoms. The highest BCUT2D eigenvalue weighted by Gasteiger charge is 2.36. The summed E-state index contributed by atoms with van der Waals surface area (Å²) in [5, 5.41) is 42.8. The molecule has 0 aromatic heterocycles. The number of hydrogen-bond donors (Lipinski definition) is 10. The number of carboxylic acid groups (broad SMARTS) is 3. The molecule has 0 radical (unpaired) electrons. The highest BCUT2D eigenvalue weighted by atomic mass is 32.1. The molecule has 18 nitrogen and oxygen atoms in total. The maximum absolute atomic E-state index is 13.9. The van der Waals surface area contributed by atoms with Crippen LogP contribution in [0, 0.1) is 17.8 Å². The summed E-state index contributed by atoms with van der Waals surface area (Å²) in [5.74, 6) is -9.70. The SMILES string of the molecule is CC[C@H](C)[C@H](NC(=O)[C@H](CC(C)C)NC(=O)[C@@H](CCC(=O)O)NC(=O)[C@H](CC(=O)O)NC(C)=O)C(=O)N[C@@H](CC1CCCCC1)C(=O)N[C@@H](CS)C(=O)O. The monoisotopic (exact) mass is 786 g/mol. The van der Waals surface area contributed by atoms with Crippen molar-refractivity contribution in [2.45, 2.75) is 141 Å². The Morgan fingerprint density at radius 3 is 1.67 bits per heavy atom. The van der Waals surface area contributed by atoms with E-state index in [-0.39, 0.29) is 30.4 Å². The normalized spacial score (nSPS) is 16.9. The number of thiol groups is 1. The molecule has 1 aliphatic rings. The number of carbonyl (C=O) groups is 9. The van der Waals surface area contributed by atoms with Crippen LogP contribution < -0.4 is 31.9 Å². The van der Waals surface area contributed by atoms with E-state index in [1.54, 1.807) is 27.7 Å². The van der Waals surface area contributed by atoms with Crippen LogP contribution in [0.4, 0.5) is 0 Å². The van der Waals surface area contributed by atoms with Crippen molar-refractivity contribution in [2.75, 3.05) is 5.75 Å². The Balaban J connectivity index is 3.34. The van der Waals surface area contributed by atoms with Crippen LogP contribution in [0.5, 0.6) is 0 Å². The second kappa shape index (κ2) is 24.1. The van der Waals surface area contributed by atoms with Gasteiger partial charge in [-0.05, 0) is 37.0 Å². The predicted molar refractivity (Wildman–Crippen MR) is 198 cm³/mol. The molecule has 1 fully saturated rings. The van der Waals surface area contributed by atoms with Crippen molar-refractivity contribution >= 4 is 66.0 Å². The maximum atomic E-state index is 13.9. The number of aliphatic carboxylic acids is 3. The van der Waals surface area contributed by atoms with E-state index in [0.717, 1.165) is 39.0 Å². The largest absolute Gasteiger partial charge is 0.481 e. The first kappa shape index (κ1) is 47.6. The first-order valence-electron chi connectivity index (χ1n) is 18.4. The summed E-state index contributed by atoms with van der Waals surface area (Å²) in [5.41, 5.74) is 0. The van der Waals surface area contributed by atoms with Gasteiger partial charge in [-0.25, -0.2) is 4.79 Å². The number of amides is 6. The van der Waals surface area contributed by atoms with Crippen LogP contribution in [0.15, 0.2) is 0 Å². The molecular formula is C35H58N6O12S. The summed E-state index contributed by atoms with van der Waals surface area (Å²) in [6.07, 6.45) is 3.47. The van der Waals surface area contributed by atoms with Gasteiger partial charge in [-0.3, -0.25) is 38.4 Å². The summed E-state index contributed by atoms with van der Waals surface area (Å²) in [7, 11) is 0. The minimum Gasteiger partial charge on any atom is -0.481 e. The van der Waals surface area contributed by atoms with Crippen molar-refractivity contribution in [3.63, 3.8) is 0 Å². The van der Waals surface area contributed by atoms with Gasteiger partial charge in [0.1, 0.15) is 36.3 Å². The van der Waals surface area contributed by atoms with Gasteiger partial charge in [0.2, 0.25) is 35.4 Å². The lowest BCUT2D eigenvalue weighted by atomic mass is 9.84. The van der Waals surface area contributed by atoms with Crippen molar-refractivity contribution in [1.29, 1.82) is 0 Å². The lowest BCUT2D eigenvalue weighted by Gasteiger charge is -2.31. The molecule has 1 aliphatic carbocycles. The molecule has 1 saturated carbocycles. The van der Waals surface area contributed by atoms with E-state index >= 15 is 0 Å². The Labute approximate surface area is 320 Å². The molecule has 0 heterocycles. The molecule has 0 aromatic rings. The molecule has 1 rings (SSSR count). The van der Waals surface area contributed by atoms with Crippen molar-refractivity contribution in [3.8, 4) is 0 Å². The van der Waals surface area contributed by atoms with Gasteiger partial charge in [-0.2, -0.15) is 12.6 Å². The van der Waals surface area contributed by atoms with Gasteiger partial charge < -0.3 is 47.2 Å². The van der Waals surface area contributed by atoms with Crippen LogP contribution >= 0.6 is 12.6 Å². The minimum absolute atomic E-state index is 0.0482. The van der Waals surface area contributed by atoms with E-state index < -0.39 is 115 Å². The van der Waals surface area contributed by atoms with Crippen LogP contribution in [-0.4, -0.2) is 111 Å². The molecule has 6 amide bonds. The number of nitrogens with one attached hydrogen (secondary N) is 6. The smallest absolute Gasteiger partial charge is 0.327 e. The van der Waals surface area contributed by atoms with Gasteiger partial charge >= 0.3 is 17.9 Å². The fourth-order valence-electron chi connectivity index (χ4n) is 6.08. The third-order valence-electron chi connectivity index (χ3n) is 9.21. The average Bonchev–Trinajstić information content (AvgIpc) is 3.09. The van der Waals surface area contributed by atoms with Gasteiger partial charge in [0.15, 0.2) is 0 Å². The van der Waals surface area contributed by atoms with Crippen molar-refractivity contribution in [3.05, 3.63) is 0 Å². The Morgan fingerprint density at radius 1 is 0.648 bits per heavy atom. The molecule has 0 unspecified atom stereocenters. The third kappa shape index (κ3) is 17.6. The Morgan fingerprint density at radius 2 is 1.17 bits per heavy atom. The molecule has 0 aliphatic heterocycles. The van der Waals surface area contributed by atoms with Gasteiger partial charge in [0.25, 0.3) is 0 Å². The number of carboxylic acids is 3. The fourth-order valence-corrected chi connectivity index (χ4v) is 6.32. The van der Waals surface area contributed by atoms with Crippen molar-refractivity contribution in [1.82, 2.24) is 31.9 Å². The number of hydrogen-bond acceptors (Lipinski definition) is 10. The molecule has 9 N–H and O–H groups in total.